The molecule has 0 aliphatic carbocycles. The Morgan fingerprint density at radius 3 is 1.86 bits per heavy atom. The van der Waals surface area contributed by atoms with Gasteiger partial charge < -0.3 is 14.6 Å². The summed E-state index contributed by atoms with van der Waals surface area (Å²) in [5.41, 5.74) is -0.687. The summed E-state index contributed by atoms with van der Waals surface area (Å²) in [6.45, 7) is 7.97. The van der Waals surface area contributed by atoms with Crippen molar-refractivity contribution in [3.8, 4) is 0 Å². The largest absolute Gasteiger partial charge is 0.467 e. The summed E-state index contributed by atoms with van der Waals surface area (Å²) in [6.07, 6.45) is -0.431. The van der Waals surface area contributed by atoms with Gasteiger partial charge >= 0.3 is 11.9 Å². The van der Waals surface area contributed by atoms with E-state index in [9.17, 15) is 14.7 Å². The number of hydroxylamine groups is 2. The summed E-state index contributed by atoms with van der Waals surface area (Å²) in [4.78, 5) is 29.3. The van der Waals surface area contributed by atoms with Gasteiger partial charge in [-0.25, -0.2) is 9.59 Å². The molecule has 2 atom stereocenters. The highest BCUT2D eigenvalue weighted by molar-refractivity contribution is 5.85. The third kappa shape index (κ3) is 3.97. The second-order valence-corrected chi connectivity index (χ2v) is 6.79. The Morgan fingerprint density at radius 2 is 1.45 bits per heavy atom. The highest BCUT2D eigenvalue weighted by atomic mass is 16.7. The fraction of sp³-hybridized carbons (Fsp3) is 0.867. The molecule has 0 radical (unpaired) electrons. The molecule has 1 N–H and O–H groups in total. The molecule has 0 bridgehead atoms. The fourth-order valence-electron chi connectivity index (χ4n) is 2.97. The molecule has 1 aliphatic heterocycles. The van der Waals surface area contributed by atoms with Crippen LogP contribution in [-0.4, -0.2) is 59.6 Å². The molecule has 22 heavy (non-hydrogen) atoms. The zero-order chi connectivity index (χ0) is 17.1. The van der Waals surface area contributed by atoms with Gasteiger partial charge in [-0.3, -0.25) is 4.84 Å². The van der Waals surface area contributed by atoms with Gasteiger partial charge in [0.25, 0.3) is 0 Å². The summed E-state index contributed by atoms with van der Waals surface area (Å²) in [5, 5.41) is 11.7. The highest BCUT2D eigenvalue weighted by Gasteiger charge is 2.47. The van der Waals surface area contributed by atoms with Crippen molar-refractivity contribution in [2.45, 2.75) is 70.2 Å². The number of esters is 2. The van der Waals surface area contributed by atoms with Crippen LogP contribution in [0.5, 0.6) is 0 Å². The third-order valence-electron chi connectivity index (χ3n) is 4.06. The number of hydrogen-bond acceptors (Lipinski definition) is 7. The number of carbonyl (C=O) groups excluding carboxylic acids is 2. The summed E-state index contributed by atoms with van der Waals surface area (Å²) in [7, 11) is 2.31. The topological polar surface area (TPSA) is 85.3 Å². The second kappa shape index (κ2) is 6.93. The Hall–Kier alpha value is -1.18. The fourth-order valence-corrected chi connectivity index (χ4v) is 2.97. The van der Waals surface area contributed by atoms with E-state index in [1.54, 1.807) is 5.06 Å². The quantitative estimate of drug-likeness (QED) is 0.758. The number of carbonyl (C=O) groups is 2. The lowest BCUT2D eigenvalue weighted by Crippen LogP contribution is -2.61. The Bertz CT molecular complexity index is 404. The van der Waals surface area contributed by atoms with E-state index < -0.39 is 24.1 Å². The van der Waals surface area contributed by atoms with Crippen LogP contribution in [0.3, 0.4) is 0 Å². The van der Waals surface area contributed by atoms with Crippen LogP contribution >= 0.6 is 0 Å². The minimum atomic E-state index is -1.74. The van der Waals surface area contributed by atoms with Gasteiger partial charge in [0.15, 0.2) is 6.10 Å². The maximum Gasteiger partial charge on any atom is 0.340 e. The smallest absolute Gasteiger partial charge is 0.340 e. The third-order valence-corrected chi connectivity index (χ3v) is 4.06. The number of piperidine rings is 1. The molecule has 0 aromatic carbocycles. The molecule has 0 aromatic rings. The van der Waals surface area contributed by atoms with Gasteiger partial charge in [-0.05, 0) is 47.0 Å². The van der Waals surface area contributed by atoms with E-state index >= 15 is 0 Å². The van der Waals surface area contributed by atoms with Crippen LogP contribution in [0.1, 0.15) is 47.0 Å². The maximum atomic E-state index is 11.9. The van der Waals surface area contributed by atoms with E-state index in [1.165, 1.54) is 7.11 Å². The molecule has 0 saturated carbocycles. The average Bonchev–Trinajstić information content (AvgIpc) is 2.43. The van der Waals surface area contributed by atoms with Crippen molar-refractivity contribution < 1.29 is 29.0 Å². The normalized spacial score (nSPS) is 23.4. The molecule has 0 aromatic heterocycles. The van der Waals surface area contributed by atoms with Crippen molar-refractivity contribution >= 4 is 11.9 Å². The van der Waals surface area contributed by atoms with E-state index in [2.05, 4.69) is 9.47 Å². The van der Waals surface area contributed by atoms with E-state index in [4.69, 9.17) is 4.84 Å². The molecule has 1 fully saturated rings. The van der Waals surface area contributed by atoms with Crippen molar-refractivity contribution in [1.29, 1.82) is 0 Å². The molecule has 1 aliphatic rings. The number of nitrogens with zero attached hydrogens (tertiary/aromatic N) is 1. The Balaban J connectivity index is 3.05. The van der Waals surface area contributed by atoms with E-state index in [1.807, 2.05) is 27.7 Å². The van der Waals surface area contributed by atoms with Crippen molar-refractivity contribution in [1.82, 2.24) is 5.06 Å². The van der Waals surface area contributed by atoms with Crippen LogP contribution in [0.15, 0.2) is 0 Å². The zero-order valence-corrected chi connectivity index (χ0v) is 14.2. The highest BCUT2D eigenvalue weighted by Crippen LogP contribution is 2.39. The van der Waals surface area contributed by atoms with Crippen molar-refractivity contribution in [3.63, 3.8) is 0 Å². The molecule has 0 spiro atoms. The van der Waals surface area contributed by atoms with Gasteiger partial charge in [-0.2, -0.15) is 5.06 Å². The van der Waals surface area contributed by atoms with Gasteiger partial charge in [0, 0.05) is 11.1 Å². The Morgan fingerprint density at radius 1 is 1.00 bits per heavy atom. The molecule has 0 amide bonds. The standard InChI is InChI=1S/C15H27NO6/c1-14(2)8-7-9-15(3,4)16(14)22-11(13(19)21-6)10(17)12(18)20-5/h10-11,17H,7-9H2,1-6H3/t10-,11+/m1/s1. The molecule has 7 nitrogen and oxygen atoms in total. The summed E-state index contributed by atoms with van der Waals surface area (Å²) in [5.74, 6) is -1.77. The molecule has 1 rings (SSSR count). The van der Waals surface area contributed by atoms with Gasteiger partial charge in [0.05, 0.1) is 14.2 Å². The second-order valence-electron chi connectivity index (χ2n) is 6.79. The first kappa shape index (κ1) is 18.9. The van der Waals surface area contributed by atoms with Gasteiger partial charge in [0.1, 0.15) is 0 Å². The van der Waals surface area contributed by atoms with Gasteiger partial charge in [-0.15, -0.1) is 0 Å². The number of aliphatic hydroxyl groups excluding tert-OH is 1. The first-order chi connectivity index (χ1) is 10.1. The zero-order valence-electron chi connectivity index (χ0n) is 14.2. The van der Waals surface area contributed by atoms with Crippen LogP contribution < -0.4 is 0 Å². The lowest BCUT2D eigenvalue weighted by Gasteiger charge is -2.52. The van der Waals surface area contributed by atoms with Crippen LogP contribution in [0.25, 0.3) is 0 Å². The van der Waals surface area contributed by atoms with Crippen molar-refractivity contribution in [2.75, 3.05) is 14.2 Å². The molecule has 1 heterocycles. The summed E-state index contributed by atoms with van der Waals surface area (Å²) >= 11 is 0. The minimum Gasteiger partial charge on any atom is -0.467 e. The number of ether oxygens (including phenoxy) is 2. The van der Waals surface area contributed by atoms with Crippen LogP contribution in [0.2, 0.25) is 0 Å². The number of methoxy groups -OCH3 is 2. The monoisotopic (exact) mass is 317 g/mol. The van der Waals surface area contributed by atoms with Crippen LogP contribution in [-0.2, 0) is 23.9 Å². The van der Waals surface area contributed by atoms with Crippen LogP contribution in [0.4, 0.5) is 0 Å². The van der Waals surface area contributed by atoms with Crippen molar-refractivity contribution in [2.24, 2.45) is 0 Å². The van der Waals surface area contributed by atoms with Crippen molar-refractivity contribution in [3.05, 3.63) is 0 Å². The van der Waals surface area contributed by atoms with E-state index in [0.717, 1.165) is 26.4 Å². The maximum absolute atomic E-state index is 11.9. The summed E-state index contributed by atoms with van der Waals surface area (Å²) < 4.78 is 9.13. The Kier molecular flexibility index (Phi) is 5.95. The molecule has 7 heteroatoms. The first-order valence-electron chi connectivity index (χ1n) is 7.37. The predicted octanol–water partition coefficient (Wildman–Crippen LogP) is 1.04. The SMILES string of the molecule is COC(=O)[C@@H](ON1C(C)(C)CCCC1(C)C)[C@@H](O)C(=O)OC. The minimum absolute atomic E-state index is 0.343. The molecular formula is C15H27NO6. The van der Waals surface area contributed by atoms with E-state index in [-0.39, 0.29) is 11.1 Å². The Labute approximate surface area is 131 Å². The number of rotatable bonds is 5. The lowest BCUT2D eigenvalue weighted by molar-refractivity contribution is -0.312. The predicted molar refractivity (Wildman–Crippen MR) is 78.8 cm³/mol. The van der Waals surface area contributed by atoms with Crippen LogP contribution in [0, 0.1) is 0 Å². The summed E-state index contributed by atoms with van der Waals surface area (Å²) in [6, 6.07) is 0. The molecule has 128 valence electrons. The first-order valence-corrected chi connectivity index (χ1v) is 7.37. The number of hydrogen-bond donors (Lipinski definition) is 1. The number of aliphatic hydroxyl groups is 1. The molecule has 0 unspecified atom stereocenters. The molecule has 1 saturated heterocycles. The van der Waals surface area contributed by atoms with E-state index in [0.29, 0.717) is 0 Å². The lowest BCUT2D eigenvalue weighted by atomic mass is 9.82. The van der Waals surface area contributed by atoms with Gasteiger partial charge in [0.2, 0.25) is 6.10 Å². The van der Waals surface area contributed by atoms with Gasteiger partial charge in [-0.1, -0.05) is 0 Å². The average molecular weight is 317 g/mol. The molecular weight excluding hydrogens is 290 g/mol.